The predicted molar refractivity (Wildman–Crippen MR) is 68.0 cm³/mol. The van der Waals surface area contributed by atoms with Crippen LogP contribution in [0, 0.1) is 6.92 Å². The molecule has 0 aromatic carbocycles. The fraction of sp³-hybridized carbons (Fsp3) is 0.455. The number of hydrogen-bond acceptors (Lipinski definition) is 4. The van der Waals surface area contributed by atoms with Gasteiger partial charge in [-0.15, -0.1) is 0 Å². The second kappa shape index (κ2) is 5.77. The van der Waals surface area contributed by atoms with Crippen molar-refractivity contribution < 1.29 is 14.1 Å². The Morgan fingerprint density at radius 2 is 2.24 bits per heavy atom. The molecule has 94 valence electrons. The van der Waals surface area contributed by atoms with Gasteiger partial charge < -0.3 is 10.4 Å². The smallest absolute Gasteiger partial charge is 0.339 e. The highest BCUT2D eigenvalue weighted by Gasteiger charge is 2.13. The molecule has 0 aliphatic heterocycles. The molecule has 2 unspecified atom stereocenters. The zero-order chi connectivity index (χ0) is 13.0. The highest BCUT2D eigenvalue weighted by Crippen LogP contribution is 2.13. The Bertz CT molecular complexity index is 448. The summed E-state index contributed by atoms with van der Waals surface area (Å²) in [6.07, 6.45) is 1.62. The van der Waals surface area contributed by atoms with Crippen molar-refractivity contribution in [3.63, 3.8) is 0 Å². The number of pyridine rings is 1. The van der Waals surface area contributed by atoms with E-state index >= 15 is 0 Å². The molecule has 2 N–H and O–H groups in total. The van der Waals surface area contributed by atoms with Crippen molar-refractivity contribution in [2.75, 3.05) is 18.1 Å². The van der Waals surface area contributed by atoms with E-state index < -0.39 is 16.8 Å². The zero-order valence-corrected chi connectivity index (χ0v) is 10.9. The Balaban J connectivity index is 2.85. The second-order valence-corrected chi connectivity index (χ2v) is 5.65. The van der Waals surface area contributed by atoms with Gasteiger partial charge in [-0.05, 0) is 26.0 Å². The second-order valence-electron chi connectivity index (χ2n) is 3.84. The van der Waals surface area contributed by atoms with Gasteiger partial charge in [0.05, 0.1) is 0 Å². The van der Waals surface area contributed by atoms with Crippen molar-refractivity contribution in [3.05, 3.63) is 23.4 Å². The first-order chi connectivity index (χ1) is 7.91. The molecule has 1 heterocycles. The van der Waals surface area contributed by atoms with E-state index in [-0.39, 0.29) is 10.8 Å². The van der Waals surface area contributed by atoms with E-state index in [4.69, 9.17) is 5.11 Å². The number of aromatic nitrogens is 1. The van der Waals surface area contributed by atoms with E-state index in [0.717, 1.165) is 5.69 Å². The van der Waals surface area contributed by atoms with E-state index in [9.17, 15) is 9.00 Å². The number of hydrogen-bond donors (Lipinski definition) is 2. The van der Waals surface area contributed by atoms with Crippen LogP contribution < -0.4 is 5.32 Å². The molecule has 17 heavy (non-hydrogen) atoms. The molecule has 0 saturated heterocycles. The van der Waals surface area contributed by atoms with Gasteiger partial charge in [0.1, 0.15) is 11.4 Å². The first-order valence-electron chi connectivity index (χ1n) is 5.19. The van der Waals surface area contributed by atoms with E-state index in [2.05, 4.69) is 10.3 Å². The van der Waals surface area contributed by atoms with Crippen LogP contribution in [0.3, 0.4) is 0 Å². The molecule has 0 aliphatic rings. The van der Waals surface area contributed by atoms with Gasteiger partial charge in [-0.1, -0.05) is 0 Å². The number of carbonyl (C=O) groups is 1. The first kappa shape index (κ1) is 13.6. The Morgan fingerprint density at radius 1 is 1.59 bits per heavy atom. The van der Waals surface area contributed by atoms with Crippen molar-refractivity contribution in [2.24, 2.45) is 0 Å². The zero-order valence-electron chi connectivity index (χ0n) is 10.1. The number of carboxylic acids is 1. The number of anilines is 1. The van der Waals surface area contributed by atoms with Crippen LogP contribution in [0.4, 0.5) is 5.82 Å². The molecular weight excluding hydrogens is 240 g/mol. The minimum absolute atomic E-state index is 0.0565. The standard InChI is InChI=1S/C11H16N2O3S/c1-7-4-5-9(11(14)15)10(13-7)12-6-8(2)17(3)16/h4-5,8H,6H2,1-3H3,(H,12,13)(H,14,15). The summed E-state index contributed by atoms with van der Waals surface area (Å²) < 4.78 is 11.2. The fourth-order valence-corrected chi connectivity index (χ4v) is 1.54. The van der Waals surface area contributed by atoms with Crippen LogP contribution in [-0.2, 0) is 10.8 Å². The maximum absolute atomic E-state index is 11.2. The lowest BCUT2D eigenvalue weighted by atomic mass is 10.2. The normalized spacial score (nSPS) is 14.1. The molecule has 0 aliphatic carbocycles. The third-order valence-electron chi connectivity index (χ3n) is 2.39. The lowest BCUT2D eigenvalue weighted by molar-refractivity contribution is 0.0697. The summed E-state index contributed by atoms with van der Waals surface area (Å²) >= 11 is 0. The SMILES string of the molecule is Cc1ccc(C(=O)O)c(NCC(C)S(C)=O)n1. The van der Waals surface area contributed by atoms with E-state index in [1.807, 2.05) is 6.92 Å². The van der Waals surface area contributed by atoms with Crippen LogP contribution in [0.25, 0.3) is 0 Å². The van der Waals surface area contributed by atoms with Crippen LogP contribution >= 0.6 is 0 Å². The summed E-state index contributed by atoms with van der Waals surface area (Å²) in [6.45, 7) is 4.05. The molecule has 0 fully saturated rings. The average molecular weight is 256 g/mol. The van der Waals surface area contributed by atoms with Crippen molar-refractivity contribution in [2.45, 2.75) is 19.1 Å². The Hall–Kier alpha value is -1.43. The quantitative estimate of drug-likeness (QED) is 0.829. The summed E-state index contributed by atoms with van der Waals surface area (Å²) in [7, 11) is -0.944. The lowest BCUT2D eigenvalue weighted by Crippen LogP contribution is -2.22. The molecule has 6 heteroatoms. The molecule has 1 rings (SSSR count). The Morgan fingerprint density at radius 3 is 2.76 bits per heavy atom. The van der Waals surface area contributed by atoms with Gasteiger partial charge in [0.2, 0.25) is 0 Å². The van der Waals surface area contributed by atoms with Gasteiger partial charge in [0.15, 0.2) is 0 Å². The highest BCUT2D eigenvalue weighted by atomic mass is 32.2. The molecule has 1 aromatic heterocycles. The number of aryl methyl sites for hydroxylation is 1. The molecule has 0 radical (unpaired) electrons. The molecule has 0 bridgehead atoms. The monoisotopic (exact) mass is 256 g/mol. The van der Waals surface area contributed by atoms with Gasteiger partial charge in [-0.2, -0.15) is 0 Å². The largest absolute Gasteiger partial charge is 0.478 e. The van der Waals surface area contributed by atoms with E-state index in [1.165, 1.54) is 6.07 Å². The average Bonchev–Trinajstić information content (AvgIpc) is 2.25. The van der Waals surface area contributed by atoms with Crippen LogP contribution in [0.2, 0.25) is 0 Å². The molecule has 0 spiro atoms. The summed E-state index contributed by atoms with van der Waals surface area (Å²) in [4.78, 5) is 15.1. The third-order valence-corrected chi connectivity index (χ3v) is 3.69. The number of carboxylic acid groups (broad SMARTS) is 1. The Kier molecular flexibility index (Phi) is 4.62. The predicted octanol–water partition coefficient (Wildman–Crippen LogP) is 1.27. The van der Waals surface area contributed by atoms with E-state index in [1.54, 1.807) is 19.2 Å². The summed E-state index contributed by atoms with van der Waals surface area (Å²) in [5, 5.41) is 11.9. The van der Waals surface area contributed by atoms with E-state index in [0.29, 0.717) is 12.4 Å². The lowest BCUT2D eigenvalue weighted by Gasteiger charge is -2.12. The highest BCUT2D eigenvalue weighted by molar-refractivity contribution is 7.84. The van der Waals surface area contributed by atoms with Crippen LogP contribution in [0.5, 0.6) is 0 Å². The van der Waals surface area contributed by atoms with Crippen LogP contribution in [0.15, 0.2) is 12.1 Å². The molecule has 1 aromatic rings. The van der Waals surface area contributed by atoms with Crippen molar-refractivity contribution >= 4 is 22.6 Å². The topological polar surface area (TPSA) is 79.3 Å². The maximum atomic E-state index is 11.2. The first-order valence-corrected chi connectivity index (χ1v) is 6.81. The van der Waals surface area contributed by atoms with Crippen molar-refractivity contribution in [3.8, 4) is 0 Å². The molecular formula is C11H16N2O3S. The minimum Gasteiger partial charge on any atom is -0.478 e. The minimum atomic E-state index is -1.02. The van der Waals surface area contributed by atoms with Gasteiger partial charge in [-0.25, -0.2) is 9.78 Å². The molecule has 0 amide bonds. The molecule has 2 atom stereocenters. The van der Waals surface area contributed by atoms with Gasteiger partial charge in [0, 0.05) is 34.5 Å². The third kappa shape index (κ3) is 3.81. The molecule has 0 saturated carbocycles. The Labute approximate surface area is 103 Å². The molecule has 5 nitrogen and oxygen atoms in total. The van der Waals surface area contributed by atoms with Gasteiger partial charge >= 0.3 is 5.97 Å². The van der Waals surface area contributed by atoms with Crippen molar-refractivity contribution in [1.82, 2.24) is 4.98 Å². The fourth-order valence-electron chi connectivity index (χ4n) is 1.22. The van der Waals surface area contributed by atoms with Crippen LogP contribution in [-0.4, -0.2) is 38.3 Å². The number of rotatable bonds is 5. The summed E-state index contributed by atoms with van der Waals surface area (Å²) in [6, 6.07) is 3.16. The maximum Gasteiger partial charge on any atom is 0.339 e. The number of nitrogens with zero attached hydrogens (tertiary/aromatic N) is 1. The summed E-state index contributed by atoms with van der Waals surface area (Å²) in [5.41, 5.74) is 0.868. The van der Waals surface area contributed by atoms with Gasteiger partial charge in [0.25, 0.3) is 0 Å². The number of aromatic carboxylic acids is 1. The van der Waals surface area contributed by atoms with Gasteiger partial charge in [-0.3, -0.25) is 4.21 Å². The summed E-state index contributed by atoms with van der Waals surface area (Å²) in [5.74, 6) is -0.694. The van der Waals surface area contributed by atoms with Crippen LogP contribution in [0.1, 0.15) is 23.0 Å². The number of nitrogens with one attached hydrogen (secondary N) is 1. The van der Waals surface area contributed by atoms with Crippen molar-refractivity contribution in [1.29, 1.82) is 0 Å².